The third-order valence-corrected chi connectivity index (χ3v) is 2.78. The molecule has 0 N–H and O–H groups in total. The molecule has 0 aliphatic heterocycles. The van der Waals surface area contributed by atoms with E-state index in [9.17, 15) is 4.79 Å². The SMILES string of the molecule is CC(C)CCC(=O)c1cnnn1-c1ccccc1. The smallest absolute Gasteiger partial charge is 0.182 e. The van der Waals surface area contributed by atoms with Gasteiger partial charge in [-0.05, 0) is 24.5 Å². The first-order valence-electron chi connectivity index (χ1n) is 6.18. The molecule has 0 bridgehead atoms. The second-order valence-corrected chi connectivity index (χ2v) is 4.72. The predicted molar refractivity (Wildman–Crippen MR) is 69.8 cm³/mol. The van der Waals surface area contributed by atoms with Crippen molar-refractivity contribution in [2.24, 2.45) is 5.92 Å². The Labute approximate surface area is 107 Å². The number of rotatable bonds is 5. The molecular formula is C14H17N3O. The molecule has 0 spiro atoms. The number of carbonyl (C=O) groups excluding carboxylic acids is 1. The zero-order valence-electron chi connectivity index (χ0n) is 10.7. The van der Waals surface area contributed by atoms with Crippen molar-refractivity contribution in [2.45, 2.75) is 26.7 Å². The van der Waals surface area contributed by atoms with E-state index in [1.165, 1.54) is 6.20 Å². The summed E-state index contributed by atoms with van der Waals surface area (Å²) in [6, 6.07) is 9.58. The molecular weight excluding hydrogens is 226 g/mol. The van der Waals surface area contributed by atoms with Gasteiger partial charge in [0.25, 0.3) is 0 Å². The minimum Gasteiger partial charge on any atom is -0.292 e. The van der Waals surface area contributed by atoms with E-state index >= 15 is 0 Å². The third-order valence-electron chi connectivity index (χ3n) is 2.78. The molecule has 94 valence electrons. The van der Waals surface area contributed by atoms with Crippen LogP contribution in [0.15, 0.2) is 36.5 Å². The van der Waals surface area contributed by atoms with Gasteiger partial charge < -0.3 is 0 Å². The van der Waals surface area contributed by atoms with Crippen LogP contribution in [0.4, 0.5) is 0 Å². The number of hydrogen-bond acceptors (Lipinski definition) is 3. The molecule has 18 heavy (non-hydrogen) atoms. The zero-order chi connectivity index (χ0) is 13.0. The molecule has 4 heteroatoms. The summed E-state index contributed by atoms with van der Waals surface area (Å²) in [4.78, 5) is 12.1. The maximum absolute atomic E-state index is 12.1. The standard InChI is InChI=1S/C14H17N3O/c1-11(2)8-9-14(18)13-10-15-16-17(13)12-6-4-3-5-7-12/h3-7,10-11H,8-9H2,1-2H3. The van der Waals surface area contributed by atoms with Gasteiger partial charge in [-0.1, -0.05) is 37.3 Å². The number of ketones is 1. The normalized spacial score (nSPS) is 10.8. The van der Waals surface area contributed by atoms with Crippen LogP contribution in [0, 0.1) is 5.92 Å². The van der Waals surface area contributed by atoms with Gasteiger partial charge in [0, 0.05) is 6.42 Å². The average molecular weight is 243 g/mol. The zero-order valence-corrected chi connectivity index (χ0v) is 10.7. The van der Waals surface area contributed by atoms with Gasteiger partial charge in [0.1, 0.15) is 5.69 Å². The van der Waals surface area contributed by atoms with Crippen LogP contribution >= 0.6 is 0 Å². The number of carbonyl (C=O) groups is 1. The van der Waals surface area contributed by atoms with E-state index in [4.69, 9.17) is 0 Å². The van der Waals surface area contributed by atoms with E-state index in [0.29, 0.717) is 18.0 Å². The minimum atomic E-state index is 0.0950. The molecule has 0 atom stereocenters. The second kappa shape index (κ2) is 5.58. The van der Waals surface area contributed by atoms with Crippen LogP contribution in [0.25, 0.3) is 5.69 Å². The molecule has 4 nitrogen and oxygen atoms in total. The van der Waals surface area contributed by atoms with Crippen molar-refractivity contribution in [3.05, 3.63) is 42.2 Å². The van der Waals surface area contributed by atoms with Crippen molar-refractivity contribution in [1.82, 2.24) is 15.0 Å². The summed E-state index contributed by atoms with van der Waals surface area (Å²) < 4.78 is 1.60. The first-order valence-corrected chi connectivity index (χ1v) is 6.18. The van der Waals surface area contributed by atoms with Gasteiger partial charge in [0.05, 0.1) is 11.9 Å². The number of aromatic nitrogens is 3. The van der Waals surface area contributed by atoms with Crippen LogP contribution < -0.4 is 0 Å². The molecule has 0 unspecified atom stereocenters. The topological polar surface area (TPSA) is 47.8 Å². The number of hydrogen-bond donors (Lipinski definition) is 0. The van der Waals surface area contributed by atoms with Crippen LogP contribution in [-0.2, 0) is 0 Å². The maximum atomic E-state index is 12.1. The van der Waals surface area contributed by atoms with E-state index in [1.807, 2.05) is 30.3 Å². The Balaban J connectivity index is 2.20. The highest BCUT2D eigenvalue weighted by molar-refractivity contribution is 5.94. The summed E-state index contributed by atoms with van der Waals surface area (Å²) in [5.41, 5.74) is 1.42. The minimum absolute atomic E-state index is 0.0950. The monoisotopic (exact) mass is 243 g/mol. The number of Topliss-reactive ketones (excluding diaryl/α,β-unsaturated/α-hetero) is 1. The maximum Gasteiger partial charge on any atom is 0.182 e. The molecule has 0 aliphatic carbocycles. The van der Waals surface area contributed by atoms with Gasteiger partial charge in [0.2, 0.25) is 0 Å². The lowest BCUT2D eigenvalue weighted by molar-refractivity contribution is 0.0968. The Bertz CT molecular complexity index is 517. The summed E-state index contributed by atoms with van der Waals surface area (Å²) in [5.74, 6) is 0.618. The van der Waals surface area contributed by atoms with E-state index in [-0.39, 0.29) is 5.78 Å². The summed E-state index contributed by atoms with van der Waals surface area (Å²) >= 11 is 0. The highest BCUT2D eigenvalue weighted by Crippen LogP contribution is 2.13. The van der Waals surface area contributed by atoms with E-state index in [0.717, 1.165) is 12.1 Å². The molecule has 0 aliphatic rings. The Morgan fingerprint density at radius 3 is 2.67 bits per heavy atom. The summed E-state index contributed by atoms with van der Waals surface area (Å²) in [7, 11) is 0. The second-order valence-electron chi connectivity index (χ2n) is 4.72. The summed E-state index contributed by atoms with van der Waals surface area (Å²) in [6.45, 7) is 4.22. The molecule has 1 aromatic heterocycles. The van der Waals surface area contributed by atoms with Crippen LogP contribution in [0.5, 0.6) is 0 Å². The van der Waals surface area contributed by atoms with Crippen molar-refractivity contribution in [2.75, 3.05) is 0 Å². The van der Waals surface area contributed by atoms with E-state index in [2.05, 4.69) is 24.2 Å². The Morgan fingerprint density at radius 2 is 2.00 bits per heavy atom. The molecule has 2 aromatic rings. The molecule has 1 heterocycles. The fraction of sp³-hybridized carbons (Fsp3) is 0.357. The van der Waals surface area contributed by atoms with Crippen molar-refractivity contribution < 1.29 is 4.79 Å². The third kappa shape index (κ3) is 2.83. The fourth-order valence-electron chi connectivity index (χ4n) is 1.73. The lowest BCUT2D eigenvalue weighted by Crippen LogP contribution is -2.09. The van der Waals surface area contributed by atoms with Crippen LogP contribution in [0.2, 0.25) is 0 Å². The van der Waals surface area contributed by atoms with Gasteiger partial charge in [-0.2, -0.15) is 0 Å². The molecule has 0 saturated carbocycles. The van der Waals surface area contributed by atoms with Crippen molar-refractivity contribution >= 4 is 5.78 Å². The van der Waals surface area contributed by atoms with Gasteiger partial charge in [-0.25, -0.2) is 4.68 Å². The Morgan fingerprint density at radius 1 is 1.28 bits per heavy atom. The van der Waals surface area contributed by atoms with E-state index in [1.54, 1.807) is 4.68 Å². The van der Waals surface area contributed by atoms with Crippen LogP contribution in [0.3, 0.4) is 0 Å². The molecule has 2 rings (SSSR count). The van der Waals surface area contributed by atoms with Crippen molar-refractivity contribution in [3.63, 3.8) is 0 Å². The molecule has 0 amide bonds. The molecule has 1 aromatic carbocycles. The van der Waals surface area contributed by atoms with Crippen LogP contribution in [-0.4, -0.2) is 20.8 Å². The van der Waals surface area contributed by atoms with Gasteiger partial charge in [0.15, 0.2) is 5.78 Å². The van der Waals surface area contributed by atoms with Gasteiger partial charge in [-0.15, -0.1) is 5.10 Å². The largest absolute Gasteiger partial charge is 0.292 e. The van der Waals surface area contributed by atoms with Crippen molar-refractivity contribution in [3.8, 4) is 5.69 Å². The lowest BCUT2D eigenvalue weighted by atomic mass is 10.0. The number of para-hydroxylation sites is 1. The highest BCUT2D eigenvalue weighted by atomic mass is 16.1. The lowest BCUT2D eigenvalue weighted by Gasteiger charge is -2.06. The average Bonchev–Trinajstić information content (AvgIpc) is 2.86. The first-order chi connectivity index (χ1) is 8.68. The fourth-order valence-corrected chi connectivity index (χ4v) is 1.73. The molecule has 0 saturated heterocycles. The van der Waals surface area contributed by atoms with Crippen molar-refractivity contribution in [1.29, 1.82) is 0 Å². The Kier molecular flexibility index (Phi) is 3.87. The van der Waals surface area contributed by atoms with E-state index < -0.39 is 0 Å². The van der Waals surface area contributed by atoms with Crippen LogP contribution in [0.1, 0.15) is 37.2 Å². The number of nitrogens with zero attached hydrogens (tertiary/aromatic N) is 3. The first kappa shape index (κ1) is 12.5. The summed E-state index contributed by atoms with van der Waals surface area (Å²) in [6.07, 6.45) is 2.96. The summed E-state index contributed by atoms with van der Waals surface area (Å²) in [5, 5.41) is 7.82. The Hall–Kier alpha value is -1.97. The highest BCUT2D eigenvalue weighted by Gasteiger charge is 2.14. The quantitative estimate of drug-likeness (QED) is 0.759. The van der Waals surface area contributed by atoms with Gasteiger partial charge >= 0.3 is 0 Å². The molecule has 0 fully saturated rings. The predicted octanol–water partition coefficient (Wildman–Crippen LogP) is 2.89. The number of benzene rings is 1. The molecule has 0 radical (unpaired) electrons. The van der Waals surface area contributed by atoms with Gasteiger partial charge in [-0.3, -0.25) is 4.79 Å².